The third-order valence-electron chi connectivity index (χ3n) is 2.73. The monoisotopic (exact) mass is 236 g/mol. The highest BCUT2D eigenvalue weighted by molar-refractivity contribution is 5.81. The zero-order valence-electron chi connectivity index (χ0n) is 10.6. The van der Waals surface area contributed by atoms with E-state index in [2.05, 4.69) is 0 Å². The van der Waals surface area contributed by atoms with Gasteiger partial charge in [0.2, 0.25) is 5.91 Å². The zero-order chi connectivity index (χ0) is 12.8. The maximum atomic E-state index is 11.8. The van der Waals surface area contributed by atoms with Crippen LogP contribution in [0.1, 0.15) is 18.9 Å². The number of nitrogens with zero attached hydrogens (tertiary/aromatic N) is 1. The van der Waals surface area contributed by atoms with Crippen molar-refractivity contribution in [3.05, 3.63) is 29.8 Å². The van der Waals surface area contributed by atoms with Gasteiger partial charge >= 0.3 is 0 Å². The van der Waals surface area contributed by atoms with Gasteiger partial charge in [-0.3, -0.25) is 4.79 Å². The highest BCUT2D eigenvalue weighted by atomic mass is 16.5. The largest absolute Gasteiger partial charge is 0.496 e. The Morgan fingerprint density at radius 1 is 1.47 bits per heavy atom. The molecule has 0 aromatic heterocycles. The lowest BCUT2D eigenvalue weighted by Crippen LogP contribution is -2.40. The molecule has 1 amide bonds. The zero-order valence-corrected chi connectivity index (χ0v) is 10.6. The van der Waals surface area contributed by atoms with E-state index in [1.807, 2.05) is 31.2 Å². The molecule has 0 aliphatic rings. The molecule has 0 radical (unpaired) electrons. The van der Waals surface area contributed by atoms with Crippen LogP contribution in [0.3, 0.4) is 0 Å². The second kappa shape index (κ2) is 6.25. The van der Waals surface area contributed by atoms with Gasteiger partial charge in [-0.15, -0.1) is 0 Å². The first kappa shape index (κ1) is 13.5. The van der Waals surface area contributed by atoms with Crippen molar-refractivity contribution in [3.8, 4) is 5.75 Å². The lowest BCUT2D eigenvalue weighted by Gasteiger charge is -2.21. The minimum atomic E-state index is -0.422. The summed E-state index contributed by atoms with van der Waals surface area (Å²) < 4.78 is 5.24. The molecule has 1 aromatic carbocycles. The lowest BCUT2D eigenvalue weighted by molar-refractivity contribution is -0.131. The van der Waals surface area contributed by atoms with Crippen molar-refractivity contribution in [1.82, 2.24) is 4.90 Å². The Bertz CT molecular complexity index is 379. The van der Waals surface area contributed by atoms with Gasteiger partial charge < -0.3 is 15.4 Å². The van der Waals surface area contributed by atoms with Crippen LogP contribution in [-0.2, 0) is 11.3 Å². The maximum absolute atomic E-state index is 11.8. The van der Waals surface area contributed by atoms with Gasteiger partial charge in [-0.05, 0) is 12.5 Å². The van der Waals surface area contributed by atoms with Gasteiger partial charge in [0.05, 0.1) is 13.2 Å². The number of ether oxygens (including phenoxy) is 1. The van der Waals surface area contributed by atoms with E-state index in [0.717, 1.165) is 11.3 Å². The minimum absolute atomic E-state index is 0.0431. The number of rotatable bonds is 5. The number of para-hydroxylation sites is 1. The Kier molecular flexibility index (Phi) is 4.97. The smallest absolute Gasteiger partial charge is 0.239 e. The molecule has 0 aliphatic carbocycles. The van der Waals surface area contributed by atoms with E-state index in [4.69, 9.17) is 10.5 Å². The number of amides is 1. The molecule has 1 rings (SSSR count). The number of benzene rings is 1. The predicted molar refractivity (Wildman–Crippen MR) is 67.7 cm³/mol. The van der Waals surface area contributed by atoms with Crippen LogP contribution in [0.25, 0.3) is 0 Å². The van der Waals surface area contributed by atoms with Gasteiger partial charge in [0.1, 0.15) is 5.75 Å². The fourth-order valence-electron chi connectivity index (χ4n) is 1.62. The number of carbonyl (C=O) groups excluding carboxylic acids is 1. The van der Waals surface area contributed by atoms with Gasteiger partial charge in [0, 0.05) is 19.2 Å². The predicted octanol–water partition coefficient (Wildman–Crippen LogP) is 1.39. The molecule has 0 spiro atoms. The molecule has 0 saturated carbocycles. The van der Waals surface area contributed by atoms with Crippen molar-refractivity contribution < 1.29 is 9.53 Å². The molecular formula is C13H20N2O2. The molecule has 0 saturated heterocycles. The summed E-state index contributed by atoms with van der Waals surface area (Å²) in [4.78, 5) is 13.5. The number of hydrogen-bond donors (Lipinski definition) is 1. The summed E-state index contributed by atoms with van der Waals surface area (Å²) in [6.45, 7) is 2.41. The average molecular weight is 236 g/mol. The van der Waals surface area contributed by atoms with Crippen molar-refractivity contribution in [1.29, 1.82) is 0 Å². The third kappa shape index (κ3) is 3.46. The summed E-state index contributed by atoms with van der Waals surface area (Å²) in [6, 6.07) is 7.24. The van der Waals surface area contributed by atoms with E-state index in [0.29, 0.717) is 13.0 Å². The van der Waals surface area contributed by atoms with Crippen molar-refractivity contribution >= 4 is 5.91 Å². The number of methoxy groups -OCH3 is 1. The maximum Gasteiger partial charge on any atom is 0.239 e. The van der Waals surface area contributed by atoms with Crippen LogP contribution in [0.5, 0.6) is 5.75 Å². The molecular weight excluding hydrogens is 216 g/mol. The standard InChI is InChI=1S/C13H20N2O2/c1-4-11(14)13(16)15(2)9-10-7-5-6-8-12(10)17-3/h5-8,11H,4,9,14H2,1-3H3. The third-order valence-corrected chi connectivity index (χ3v) is 2.73. The number of carbonyl (C=O) groups is 1. The van der Waals surface area contributed by atoms with E-state index >= 15 is 0 Å². The fourth-order valence-corrected chi connectivity index (χ4v) is 1.62. The molecule has 0 bridgehead atoms. The van der Waals surface area contributed by atoms with Gasteiger partial charge in [-0.25, -0.2) is 0 Å². The highest BCUT2D eigenvalue weighted by Crippen LogP contribution is 2.18. The van der Waals surface area contributed by atoms with Crippen molar-refractivity contribution in [2.45, 2.75) is 25.9 Å². The Balaban J connectivity index is 2.74. The van der Waals surface area contributed by atoms with Crippen LogP contribution in [0.15, 0.2) is 24.3 Å². The van der Waals surface area contributed by atoms with E-state index in [9.17, 15) is 4.79 Å². The second-order valence-corrected chi connectivity index (χ2v) is 4.02. The number of hydrogen-bond acceptors (Lipinski definition) is 3. The topological polar surface area (TPSA) is 55.6 Å². The van der Waals surface area contributed by atoms with Crippen LogP contribution in [0, 0.1) is 0 Å². The first-order valence-electron chi connectivity index (χ1n) is 5.72. The van der Waals surface area contributed by atoms with Crippen molar-refractivity contribution in [3.63, 3.8) is 0 Å². The SMILES string of the molecule is CCC(N)C(=O)N(C)Cc1ccccc1OC. The molecule has 2 N–H and O–H groups in total. The van der Waals surface area contributed by atoms with Crippen LogP contribution in [0.4, 0.5) is 0 Å². The highest BCUT2D eigenvalue weighted by Gasteiger charge is 2.17. The van der Waals surface area contributed by atoms with Crippen LogP contribution >= 0.6 is 0 Å². The second-order valence-electron chi connectivity index (χ2n) is 4.02. The van der Waals surface area contributed by atoms with E-state index in [1.54, 1.807) is 19.1 Å². The van der Waals surface area contributed by atoms with E-state index in [1.165, 1.54) is 0 Å². The lowest BCUT2D eigenvalue weighted by atomic mass is 10.1. The molecule has 94 valence electrons. The van der Waals surface area contributed by atoms with E-state index < -0.39 is 6.04 Å². The summed E-state index contributed by atoms with van der Waals surface area (Å²) in [5, 5.41) is 0. The summed E-state index contributed by atoms with van der Waals surface area (Å²) in [7, 11) is 3.38. The first-order valence-corrected chi connectivity index (χ1v) is 5.72. The molecule has 0 fully saturated rings. The van der Waals surface area contributed by atoms with Crippen molar-refractivity contribution in [2.24, 2.45) is 5.73 Å². The molecule has 17 heavy (non-hydrogen) atoms. The molecule has 4 nitrogen and oxygen atoms in total. The number of likely N-dealkylation sites (N-methyl/N-ethyl adjacent to an activating group) is 1. The van der Waals surface area contributed by atoms with Gasteiger partial charge in [-0.1, -0.05) is 25.1 Å². The normalized spacial score (nSPS) is 12.0. The first-order chi connectivity index (χ1) is 8.10. The minimum Gasteiger partial charge on any atom is -0.496 e. The van der Waals surface area contributed by atoms with Crippen LogP contribution in [0.2, 0.25) is 0 Å². The van der Waals surface area contributed by atoms with Gasteiger partial charge in [-0.2, -0.15) is 0 Å². The summed E-state index contributed by atoms with van der Waals surface area (Å²) in [6.07, 6.45) is 0.648. The Morgan fingerprint density at radius 2 is 2.12 bits per heavy atom. The van der Waals surface area contributed by atoms with Crippen LogP contribution < -0.4 is 10.5 Å². The molecule has 0 heterocycles. The molecule has 1 aromatic rings. The summed E-state index contributed by atoms with van der Waals surface area (Å²) >= 11 is 0. The quantitative estimate of drug-likeness (QED) is 0.840. The fraction of sp³-hybridized carbons (Fsp3) is 0.462. The van der Waals surface area contributed by atoms with Crippen LogP contribution in [-0.4, -0.2) is 31.0 Å². The molecule has 4 heteroatoms. The molecule has 1 atom stereocenters. The Labute approximate surface area is 102 Å². The van der Waals surface area contributed by atoms with E-state index in [-0.39, 0.29) is 5.91 Å². The summed E-state index contributed by atoms with van der Waals surface area (Å²) in [5.41, 5.74) is 6.70. The average Bonchev–Trinajstić information content (AvgIpc) is 2.37. The summed E-state index contributed by atoms with van der Waals surface area (Å²) in [5.74, 6) is 0.746. The van der Waals surface area contributed by atoms with Gasteiger partial charge in [0.15, 0.2) is 0 Å². The van der Waals surface area contributed by atoms with Crippen molar-refractivity contribution in [2.75, 3.05) is 14.2 Å². The Morgan fingerprint density at radius 3 is 2.71 bits per heavy atom. The Hall–Kier alpha value is -1.55. The molecule has 0 aliphatic heterocycles. The molecule has 1 unspecified atom stereocenters. The number of nitrogens with two attached hydrogens (primary N) is 1. The van der Waals surface area contributed by atoms with Gasteiger partial charge in [0.25, 0.3) is 0 Å².